The Morgan fingerprint density at radius 3 is 2.75 bits per heavy atom. The van der Waals surface area contributed by atoms with Gasteiger partial charge >= 0.3 is 0 Å². The van der Waals surface area contributed by atoms with E-state index in [1.807, 2.05) is 4.90 Å². The predicted octanol–water partition coefficient (Wildman–Crippen LogP) is 2.07. The number of carbonyl (C=O) groups excluding carboxylic acids is 1. The number of rotatable bonds is 5. The molecule has 2 fully saturated rings. The van der Waals surface area contributed by atoms with E-state index in [0.29, 0.717) is 25.6 Å². The molecule has 0 spiro atoms. The number of carbonyl (C=O) groups is 1. The topological polar surface area (TPSA) is 51.2 Å². The molecule has 0 saturated carbocycles. The fraction of sp³-hybridized carbons (Fsp3) is 0.650. The number of fused-ring (bicyclic) bond motifs is 1. The molecule has 8 heteroatoms. The zero-order chi connectivity index (χ0) is 19.5. The van der Waals surface area contributed by atoms with Crippen molar-refractivity contribution in [3.8, 4) is 11.5 Å². The molecule has 1 aromatic carbocycles. The Hall–Kier alpha value is -1.93. The van der Waals surface area contributed by atoms with Crippen molar-refractivity contribution in [3.05, 3.63) is 23.8 Å². The molecule has 0 bridgehead atoms. The highest BCUT2D eigenvalue weighted by molar-refractivity contribution is 5.77. The second-order valence-corrected chi connectivity index (χ2v) is 7.73. The summed E-state index contributed by atoms with van der Waals surface area (Å²) in [5.41, 5.74) is 0. The Morgan fingerprint density at radius 2 is 1.96 bits per heavy atom. The third-order valence-electron chi connectivity index (χ3n) is 5.74. The first-order valence-corrected chi connectivity index (χ1v) is 9.95. The fourth-order valence-electron chi connectivity index (χ4n) is 4.11. The molecule has 1 amide bonds. The van der Waals surface area contributed by atoms with E-state index in [-0.39, 0.29) is 36.7 Å². The summed E-state index contributed by atoms with van der Waals surface area (Å²) < 4.78 is 43.5. The van der Waals surface area contributed by atoms with Gasteiger partial charge in [0.1, 0.15) is 25.1 Å². The van der Waals surface area contributed by atoms with Crippen LogP contribution in [-0.4, -0.2) is 74.4 Å². The van der Waals surface area contributed by atoms with Gasteiger partial charge in [0.25, 0.3) is 0 Å². The molecule has 0 radical (unpaired) electrons. The zero-order valence-corrected chi connectivity index (χ0v) is 15.9. The van der Waals surface area contributed by atoms with Crippen molar-refractivity contribution >= 4 is 5.91 Å². The van der Waals surface area contributed by atoms with Crippen LogP contribution < -0.4 is 9.47 Å². The largest absolute Gasteiger partial charge is 0.483 e. The molecule has 0 N–H and O–H groups in total. The molecule has 0 aromatic heterocycles. The van der Waals surface area contributed by atoms with E-state index in [2.05, 4.69) is 4.90 Å². The molecule has 1 aromatic rings. The van der Waals surface area contributed by atoms with E-state index in [0.717, 1.165) is 45.0 Å². The van der Waals surface area contributed by atoms with Crippen LogP contribution in [0.3, 0.4) is 0 Å². The number of nitrogens with zero attached hydrogens (tertiary/aromatic N) is 2. The lowest BCUT2D eigenvalue weighted by molar-refractivity contribution is -0.142. The van der Waals surface area contributed by atoms with Crippen LogP contribution >= 0.6 is 0 Å². The number of hydrogen-bond donors (Lipinski definition) is 0. The van der Waals surface area contributed by atoms with Gasteiger partial charge in [-0.05, 0) is 38.3 Å². The average Bonchev–Trinajstić information content (AvgIpc) is 2.68. The summed E-state index contributed by atoms with van der Waals surface area (Å²) in [6.45, 7) is 5.17. The summed E-state index contributed by atoms with van der Waals surface area (Å²) in [5, 5.41) is 0. The van der Waals surface area contributed by atoms with E-state index in [4.69, 9.17) is 14.2 Å². The number of amides is 1. The molecule has 0 unspecified atom stereocenters. The molecule has 28 heavy (non-hydrogen) atoms. The average molecular weight is 396 g/mol. The molecule has 2 saturated heterocycles. The maximum atomic E-state index is 13.7. The highest BCUT2D eigenvalue weighted by Crippen LogP contribution is 2.35. The second-order valence-electron chi connectivity index (χ2n) is 7.73. The first kappa shape index (κ1) is 19.4. The fourth-order valence-corrected chi connectivity index (χ4v) is 4.11. The Kier molecular flexibility index (Phi) is 5.96. The molecule has 4 rings (SSSR count). The van der Waals surface area contributed by atoms with Gasteiger partial charge in [-0.1, -0.05) is 0 Å². The van der Waals surface area contributed by atoms with Crippen molar-refractivity contribution in [2.45, 2.75) is 25.4 Å². The van der Waals surface area contributed by atoms with Crippen LogP contribution in [0.15, 0.2) is 12.1 Å². The van der Waals surface area contributed by atoms with Crippen LogP contribution in [-0.2, 0) is 9.53 Å². The zero-order valence-electron chi connectivity index (χ0n) is 15.9. The van der Waals surface area contributed by atoms with Gasteiger partial charge in [-0.25, -0.2) is 8.78 Å². The maximum Gasteiger partial charge on any atom is 0.248 e. The number of likely N-dealkylation sites (tertiary alicyclic amines) is 1. The van der Waals surface area contributed by atoms with E-state index in [1.165, 1.54) is 6.07 Å². The van der Waals surface area contributed by atoms with Crippen molar-refractivity contribution in [1.82, 2.24) is 9.80 Å². The van der Waals surface area contributed by atoms with Gasteiger partial charge in [0.05, 0.1) is 6.61 Å². The van der Waals surface area contributed by atoms with Crippen LogP contribution in [0.4, 0.5) is 8.78 Å². The maximum absolute atomic E-state index is 13.7. The van der Waals surface area contributed by atoms with Gasteiger partial charge < -0.3 is 19.1 Å². The highest BCUT2D eigenvalue weighted by atomic mass is 19.1. The van der Waals surface area contributed by atoms with Crippen molar-refractivity contribution in [3.63, 3.8) is 0 Å². The van der Waals surface area contributed by atoms with Crippen LogP contribution in [0.25, 0.3) is 0 Å². The molecule has 3 heterocycles. The number of hydrogen-bond acceptors (Lipinski definition) is 5. The van der Waals surface area contributed by atoms with Crippen LogP contribution in [0.2, 0.25) is 0 Å². The molecule has 3 aliphatic heterocycles. The third kappa shape index (κ3) is 4.55. The quantitative estimate of drug-likeness (QED) is 0.763. The minimum Gasteiger partial charge on any atom is -0.483 e. The normalized spacial score (nSPS) is 23.9. The summed E-state index contributed by atoms with van der Waals surface area (Å²) in [6, 6.07) is 1.97. The molecular formula is C20H26F2N2O4. The Balaban J connectivity index is 1.21. The van der Waals surface area contributed by atoms with Gasteiger partial charge in [0.15, 0.2) is 17.3 Å². The van der Waals surface area contributed by atoms with Gasteiger partial charge in [-0.2, -0.15) is 0 Å². The molecule has 0 aliphatic carbocycles. The van der Waals surface area contributed by atoms with Crippen molar-refractivity contribution < 1.29 is 27.8 Å². The molecule has 3 aliphatic rings. The lowest BCUT2D eigenvalue weighted by Crippen LogP contribution is -2.45. The van der Waals surface area contributed by atoms with E-state index >= 15 is 0 Å². The Morgan fingerprint density at radius 1 is 1.14 bits per heavy atom. The molecular weight excluding hydrogens is 370 g/mol. The number of morpholine rings is 1. The third-order valence-corrected chi connectivity index (χ3v) is 5.74. The van der Waals surface area contributed by atoms with Crippen LogP contribution in [0, 0.1) is 17.6 Å². The van der Waals surface area contributed by atoms with Gasteiger partial charge in [-0.15, -0.1) is 0 Å². The number of ether oxygens (including phenoxy) is 3. The van der Waals surface area contributed by atoms with Crippen molar-refractivity contribution in [1.29, 1.82) is 0 Å². The van der Waals surface area contributed by atoms with Gasteiger partial charge in [0, 0.05) is 31.8 Å². The van der Waals surface area contributed by atoms with E-state index in [9.17, 15) is 13.6 Å². The van der Waals surface area contributed by atoms with Gasteiger partial charge in [0.2, 0.25) is 5.91 Å². The summed E-state index contributed by atoms with van der Waals surface area (Å²) >= 11 is 0. The van der Waals surface area contributed by atoms with E-state index < -0.39 is 11.6 Å². The lowest BCUT2D eigenvalue weighted by atomic mass is 9.93. The predicted molar refractivity (Wildman–Crippen MR) is 97.4 cm³/mol. The second kappa shape index (κ2) is 8.61. The van der Waals surface area contributed by atoms with Crippen molar-refractivity contribution in [2.24, 2.45) is 5.92 Å². The monoisotopic (exact) mass is 396 g/mol. The number of halogens is 2. The first-order valence-electron chi connectivity index (χ1n) is 9.95. The molecule has 6 nitrogen and oxygen atoms in total. The minimum atomic E-state index is -0.729. The summed E-state index contributed by atoms with van der Waals surface area (Å²) in [7, 11) is 0. The molecule has 1 atom stereocenters. The lowest BCUT2D eigenvalue weighted by Gasteiger charge is -2.36. The number of benzene rings is 1. The summed E-state index contributed by atoms with van der Waals surface area (Å²) in [4.78, 5) is 16.0. The highest BCUT2D eigenvalue weighted by Gasteiger charge is 2.29. The van der Waals surface area contributed by atoms with E-state index in [1.54, 1.807) is 0 Å². The smallest absolute Gasteiger partial charge is 0.248 e. The van der Waals surface area contributed by atoms with Crippen molar-refractivity contribution in [2.75, 3.05) is 52.5 Å². The SMILES string of the molecule is O=C1COCCN1CCC1CCN(C[C@H]2COc3c(F)cc(F)cc3O2)CC1. The summed E-state index contributed by atoms with van der Waals surface area (Å²) in [6.07, 6.45) is 2.93. The Labute approximate surface area is 163 Å². The minimum absolute atomic E-state index is 0.00554. The Bertz CT molecular complexity index is 710. The standard InChI is InChI=1S/C20H26F2N2O4/c21-15-9-17(22)20-18(10-15)28-16(12-27-20)11-23-4-1-14(2-5-23)3-6-24-7-8-26-13-19(24)25/h9-10,14,16H,1-8,11-13H2/t16-/m0/s1. The summed E-state index contributed by atoms with van der Waals surface area (Å²) in [5.74, 6) is -0.563. The first-order chi connectivity index (χ1) is 13.6. The number of piperidine rings is 1. The van der Waals surface area contributed by atoms with Gasteiger partial charge in [-0.3, -0.25) is 9.69 Å². The molecule has 154 valence electrons. The van der Waals surface area contributed by atoms with Crippen LogP contribution in [0.1, 0.15) is 19.3 Å². The van der Waals surface area contributed by atoms with Crippen LogP contribution in [0.5, 0.6) is 11.5 Å².